The molecule has 1 amide bonds. The van der Waals surface area contributed by atoms with Crippen LogP contribution in [0.1, 0.15) is 54.6 Å². The summed E-state index contributed by atoms with van der Waals surface area (Å²) in [7, 11) is 1.76. The molecule has 3 aromatic rings. The van der Waals surface area contributed by atoms with E-state index < -0.39 is 11.7 Å². The van der Waals surface area contributed by atoms with Crippen LogP contribution in [0.25, 0.3) is 0 Å². The number of anilines is 3. The Morgan fingerprint density at radius 1 is 1.10 bits per heavy atom. The van der Waals surface area contributed by atoms with Gasteiger partial charge in [-0.25, -0.2) is 9.67 Å². The monoisotopic (exact) mass is 561 g/mol. The van der Waals surface area contributed by atoms with Gasteiger partial charge in [0.15, 0.2) is 5.82 Å². The molecular weight excluding hydrogens is 531 g/mol. The second-order valence-electron chi connectivity index (χ2n) is 10.6. The number of hydrogen-bond donors (Lipinski definition) is 1. The highest BCUT2D eigenvalue weighted by Gasteiger charge is 2.49. The maximum absolute atomic E-state index is 13.7. The molecule has 1 aliphatic carbocycles. The van der Waals surface area contributed by atoms with Crippen molar-refractivity contribution in [2.45, 2.75) is 57.9 Å². The average Bonchev–Trinajstić information content (AvgIpc) is 3.64. The number of nitrogens with one attached hydrogen (secondary N) is 1. The van der Waals surface area contributed by atoms with Crippen molar-refractivity contribution in [1.82, 2.24) is 14.7 Å². The molecule has 2 aliphatic heterocycles. The molecule has 1 saturated carbocycles. The van der Waals surface area contributed by atoms with Gasteiger partial charge in [0.1, 0.15) is 11.4 Å². The lowest BCUT2D eigenvalue weighted by Crippen LogP contribution is -2.52. The van der Waals surface area contributed by atoms with E-state index in [1.807, 2.05) is 59.3 Å². The number of guanidine groups is 1. The summed E-state index contributed by atoms with van der Waals surface area (Å²) in [5.74, 6) is 1.71. The standard InChI is InChI=1S/C30H30F3N7O/c1-18(30(31,32)33)16-34-19(2)21-14-12-20(13-15-21)17-39-27-25(26(37-39)35-22-8-5-4-6-9-22)28(41)38(3)29-36-23-10-7-11-24(23)40(27)29/h4-6,8-9,12-16,23-24H,7,10-11,17H2,1-3H3,(H,35,37)/b18-16+,34-19?/t23?,24-/m0/s1. The molecular formula is C30H30F3N7O. The SMILES string of the molecule is CC(=N/C=C(\C)C(F)(F)F)c1ccc(Cn2nc(Nc3ccccc3)c3c2N2C(=NC4CCC[C@@H]42)N(C)C3=O)cc1. The highest BCUT2D eigenvalue weighted by atomic mass is 19.4. The third-order valence-corrected chi connectivity index (χ3v) is 7.88. The van der Waals surface area contributed by atoms with Gasteiger partial charge in [-0.05, 0) is 56.4 Å². The molecule has 1 aromatic heterocycles. The second-order valence-corrected chi connectivity index (χ2v) is 10.6. The molecule has 6 rings (SSSR count). The van der Waals surface area contributed by atoms with Crippen molar-refractivity contribution in [2.75, 3.05) is 17.3 Å². The maximum atomic E-state index is 13.7. The fourth-order valence-electron chi connectivity index (χ4n) is 5.61. The Kier molecular flexibility index (Phi) is 6.67. The number of amides is 1. The molecule has 2 aromatic carbocycles. The van der Waals surface area contributed by atoms with Gasteiger partial charge in [-0.3, -0.25) is 19.6 Å². The highest BCUT2D eigenvalue weighted by molar-refractivity contribution is 6.21. The number of fused-ring (bicyclic) bond motifs is 5. The van der Waals surface area contributed by atoms with Crippen molar-refractivity contribution >= 4 is 34.9 Å². The van der Waals surface area contributed by atoms with Gasteiger partial charge in [0.05, 0.1) is 18.6 Å². The fourth-order valence-corrected chi connectivity index (χ4v) is 5.61. The molecule has 1 fully saturated rings. The first-order valence-electron chi connectivity index (χ1n) is 13.6. The van der Waals surface area contributed by atoms with Gasteiger partial charge in [-0.1, -0.05) is 42.5 Å². The van der Waals surface area contributed by atoms with Crippen molar-refractivity contribution in [3.05, 3.63) is 83.1 Å². The number of rotatable bonds is 6. The minimum atomic E-state index is -4.40. The molecule has 212 valence electrons. The molecule has 1 unspecified atom stereocenters. The average molecular weight is 562 g/mol. The first-order chi connectivity index (χ1) is 19.6. The molecule has 2 atom stereocenters. The van der Waals surface area contributed by atoms with Gasteiger partial charge in [0, 0.05) is 30.2 Å². The Labute approximate surface area is 235 Å². The summed E-state index contributed by atoms with van der Waals surface area (Å²) in [5.41, 5.74) is 2.69. The second kappa shape index (κ2) is 10.2. The zero-order valence-electron chi connectivity index (χ0n) is 23.0. The number of carbonyl (C=O) groups is 1. The lowest BCUT2D eigenvalue weighted by molar-refractivity contribution is -0.0914. The van der Waals surface area contributed by atoms with Crippen LogP contribution in [-0.2, 0) is 6.54 Å². The number of nitrogens with zero attached hydrogens (tertiary/aromatic N) is 6. The van der Waals surface area contributed by atoms with Gasteiger partial charge in [0.25, 0.3) is 5.91 Å². The number of benzene rings is 2. The van der Waals surface area contributed by atoms with Crippen molar-refractivity contribution in [1.29, 1.82) is 0 Å². The first kappa shape index (κ1) is 26.8. The minimum absolute atomic E-state index is 0.150. The number of hydrogen-bond acceptors (Lipinski definition) is 6. The van der Waals surface area contributed by atoms with Gasteiger partial charge < -0.3 is 5.32 Å². The molecule has 8 nitrogen and oxygen atoms in total. The number of alkyl halides is 3. The van der Waals surface area contributed by atoms with Crippen LogP contribution in [0.15, 0.2) is 76.4 Å². The number of carbonyl (C=O) groups excluding carboxylic acids is 1. The van der Waals surface area contributed by atoms with E-state index in [0.29, 0.717) is 35.2 Å². The van der Waals surface area contributed by atoms with Crippen LogP contribution in [-0.4, -0.2) is 57.6 Å². The number of allylic oxidation sites excluding steroid dienone is 1. The van der Waals surface area contributed by atoms with Crippen molar-refractivity contribution in [3.63, 3.8) is 0 Å². The van der Waals surface area contributed by atoms with Crippen molar-refractivity contribution in [2.24, 2.45) is 9.98 Å². The zero-order chi connectivity index (χ0) is 28.9. The lowest BCUT2D eigenvalue weighted by Gasteiger charge is -2.35. The van der Waals surface area contributed by atoms with Crippen LogP contribution in [0.3, 0.4) is 0 Å². The highest BCUT2D eigenvalue weighted by Crippen LogP contribution is 2.43. The van der Waals surface area contributed by atoms with Crippen LogP contribution < -0.4 is 10.2 Å². The molecule has 3 heterocycles. The normalized spacial score (nSPS) is 20.6. The smallest absolute Gasteiger partial charge is 0.338 e. The van der Waals surface area contributed by atoms with Gasteiger partial charge >= 0.3 is 6.18 Å². The Balaban J connectivity index is 1.35. The number of para-hydroxylation sites is 1. The number of halogens is 3. The van der Waals surface area contributed by atoms with E-state index in [2.05, 4.69) is 15.2 Å². The molecule has 0 saturated heterocycles. The van der Waals surface area contributed by atoms with E-state index in [1.54, 1.807) is 18.9 Å². The summed E-state index contributed by atoms with van der Waals surface area (Å²) >= 11 is 0. The lowest BCUT2D eigenvalue weighted by atomic mass is 10.1. The quantitative estimate of drug-likeness (QED) is 0.367. The molecule has 0 spiro atoms. The van der Waals surface area contributed by atoms with Gasteiger partial charge in [0.2, 0.25) is 5.96 Å². The van der Waals surface area contributed by atoms with E-state index >= 15 is 0 Å². The molecule has 11 heteroatoms. The molecule has 3 aliphatic rings. The first-order valence-corrected chi connectivity index (χ1v) is 13.6. The molecule has 1 N–H and O–H groups in total. The summed E-state index contributed by atoms with van der Waals surface area (Å²) < 4.78 is 40.3. The van der Waals surface area contributed by atoms with Crippen molar-refractivity contribution < 1.29 is 18.0 Å². The fraction of sp³-hybridized carbons (Fsp3) is 0.333. The van der Waals surface area contributed by atoms with E-state index in [4.69, 9.17) is 10.1 Å². The summed E-state index contributed by atoms with van der Waals surface area (Å²) in [6.07, 6.45) is -0.495. The van der Waals surface area contributed by atoms with Gasteiger partial charge in [-0.2, -0.15) is 18.3 Å². The molecule has 0 bridgehead atoms. The van der Waals surface area contributed by atoms with E-state index in [0.717, 1.165) is 49.5 Å². The Morgan fingerprint density at radius 3 is 2.54 bits per heavy atom. The minimum Gasteiger partial charge on any atom is -0.338 e. The van der Waals surface area contributed by atoms with Crippen LogP contribution in [0, 0.1) is 0 Å². The summed E-state index contributed by atoms with van der Waals surface area (Å²) in [5, 5.41) is 8.23. The van der Waals surface area contributed by atoms with Crippen molar-refractivity contribution in [3.8, 4) is 0 Å². The van der Waals surface area contributed by atoms with Crippen LogP contribution in [0.4, 0.5) is 30.5 Å². The van der Waals surface area contributed by atoms with E-state index in [1.165, 1.54) is 0 Å². The Morgan fingerprint density at radius 2 is 1.83 bits per heavy atom. The predicted octanol–water partition coefficient (Wildman–Crippen LogP) is 6.13. The summed E-state index contributed by atoms with van der Waals surface area (Å²) in [6.45, 7) is 3.06. The molecule has 41 heavy (non-hydrogen) atoms. The summed E-state index contributed by atoms with van der Waals surface area (Å²) in [4.78, 5) is 26.4. The van der Waals surface area contributed by atoms with Crippen LogP contribution in [0.2, 0.25) is 0 Å². The van der Waals surface area contributed by atoms with E-state index in [9.17, 15) is 18.0 Å². The topological polar surface area (TPSA) is 78.1 Å². The molecule has 0 radical (unpaired) electrons. The third-order valence-electron chi connectivity index (χ3n) is 7.88. The van der Waals surface area contributed by atoms with Gasteiger partial charge in [-0.15, -0.1) is 0 Å². The van der Waals surface area contributed by atoms with Crippen LogP contribution in [0.5, 0.6) is 0 Å². The van der Waals surface area contributed by atoms with Crippen LogP contribution >= 0.6 is 0 Å². The Hall–Kier alpha value is -4.41. The van der Waals surface area contributed by atoms with E-state index in [-0.39, 0.29) is 18.0 Å². The predicted molar refractivity (Wildman–Crippen MR) is 153 cm³/mol. The largest absolute Gasteiger partial charge is 0.413 e. The number of aromatic nitrogens is 2. The third kappa shape index (κ3) is 4.89. The maximum Gasteiger partial charge on any atom is 0.413 e. The Bertz CT molecular complexity index is 1570. The number of aliphatic imine (C=N–C) groups is 2. The zero-order valence-corrected chi connectivity index (χ0v) is 23.0. The summed E-state index contributed by atoms with van der Waals surface area (Å²) in [6, 6.07) is 17.4.